The standard InChI is InChI=1S/C48H54N6O6/c1-27-17-41(53(25-27)46(56)38(31-9-10-31)22-43(55)59-3)39-21-37(23-49-39)30-7-5-29(6-8-30)33-13-14-35-20-36(16-15-34(35)19-33)40-24-50-45(51-40)42-18-28(2)26-54(42)47(57)44(32-11-12-32)52-48(58)60-4/h5-8,13-16,19-20,23-24,27-28,31-32,38,41-42,44H,9-12,17-18,21-22,25-26H2,1-4H3,(H,50,51)(H,52,58)/t27-,28-,38-,41-,42-,44-/m0/s1. The van der Waals surface area contributed by atoms with Crippen LogP contribution in [-0.4, -0.2) is 88.7 Å². The number of methoxy groups -OCH3 is 2. The summed E-state index contributed by atoms with van der Waals surface area (Å²) in [5.74, 6) is 1.22. The molecule has 4 aromatic rings. The van der Waals surface area contributed by atoms with E-state index in [0.717, 1.165) is 94.4 Å². The van der Waals surface area contributed by atoms with Crippen molar-refractivity contribution in [2.75, 3.05) is 27.3 Å². The number of imidazole rings is 1. The monoisotopic (exact) mass is 810 g/mol. The maximum absolute atomic E-state index is 13.8. The Balaban J connectivity index is 0.851. The molecule has 3 aromatic carbocycles. The summed E-state index contributed by atoms with van der Waals surface area (Å²) in [6.07, 6.45) is 9.57. The highest BCUT2D eigenvalue weighted by molar-refractivity contribution is 6.04. The molecule has 0 bridgehead atoms. The summed E-state index contributed by atoms with van der Waals surface area (Å²) in [4.78, 5) is 68.9. The van der Waals surface area contributed by atoms with Crippen LogP contribution in [0.4, 0.5) is 4.79 Å². The number of hydrogen-bond acceptors (Lipinski definition) is 8. The van der Waals surface area contributed by atoms with Crippen molar-refractivity contribution in [3.05, 3.63) is 84.4 Å². The van der Waals surface area contributed by atoms with Crippen molar-refractivity contribution in [3.63, 3.8) is 0 Å². The van der Waals surface area contributed by atoms with Gasteiger partial charge in [-0.15, -0.1) is 0 Å². The molecule has 2 saturated carbocycles. The average molecular weight is 811 g/mol. The Bertz CT molecular complexity index is 2380. The van der Waals surface area contributed by atoms with Crippen LogP contribution in [0.1, 0.15) is 82.6 Å². The molecule has 0 radical (unpaired) electrons. The summed E-state index contributed by atoms with van der Waals surface area (Å²) >= 11 is 0. The van der Waals surface area contributed by atoms with Crippen LogP contribution in [0.15, 0.2) is 78.1 Å². The first-order chi connectivity index (χ1) is 29.1. The molecule has 2 aliphatic carbocycles. The Kier molecular flexibility index (Phi) is 10.8. The first kappa shape index (κ1) is 39.7. The molecule has 5 aliphatic rings. The number of alkyl carbamates (subject to hydrolysis) is 1. The van der Waals surface area contributed by atoms with Gasteiger partial charge in [0, 0.05) is 37.0 Å². The molecule has 4 fully saturated rings. The van der Waals surface area contributed by atoms with E-state index in [9.17, 15) is 19.2 Å². The fourth-order valence-electron chi connectivity index (χ4n) is 9.71. The minimum atomic E-state index is -0.584. The van der Waals surface area contributed by atoms with E-state index in [-0.39, 0.29) is 54.0 Å². The summed E-state index contributed by atoms with van der Waals surface area (Å²) in [5.41, 5.74) is 7.44. The summed E-state index contributed by atoms with van der Waals surface area (Å²) in [7, 11) is 2.71. The number of aliphatic imine (C=N–C) groups is 1. The molecule has 6 atom stereocenters. The number of benzene rings is 3. The predicted octanol–water partition coefficient (Wildman–Crippen LogP) is 7.95. The number of likely N-dealkylation sites (tertiary alicyclic amines) is 2. The summed E-state index contributed by atoms with van der Waals surface area (Å²) < 4.78 is 9.76. The largest absolute Gasteiger partial charge is 0.469 e. The number of fused-ring (bicyclic) bond motifs is 1. The number of aromatic amines is 1. The average Bonchev–Trinajstić information content (AvgIpc) is 4.08. The van der Waals surface area contributed by atoms with Gasteiger partial charge in [0.15, 0.2) is 0 Å². The van der Waals surface area contributed by atoms with Gasteiger partial charge < -0.3 is 29.6 Å². The van der Waals surface area contributed by atoms with Crippen LogP contribution in [-0.2, 0) is 23.9 Å². The number of carbonyl (C=O) groups is 4. The quantitative estimate of drug-likeness (QED) is 0.138. The third-order valence-corrected chi connectivity index (χ3v) is 13.3. The Morgan fingerprint density at radius 2 is 1.38 bits per heavy atom. The number of aromatic nitrogens is 2. The Morgan fingerprint density at radius 1 is 0.767 bits per heavy atom. The van der Waals surface area contributed by atoms with Gasteiger partial charge in [-0.2, -0.15) is 0 Å². The zero-order valence-electron chi connectivity index (χ0n) is 34.9. The molecule has 2 saturated heterocycles. The van der Waals surface area contributed by atoms with Crippen LogP contribution in [0.25, 0.3) is 38.7 Å². The number of H-pyrrole nitrogens is 1. The number of ether oxygens (including phenoxy) is 2. The van der Waals surface area contributed by atoms with E-state index in [1.54, 1.807) is 0 Å². The van der Waals surface area contributed by atoms with E-state index in [0.29, 0.717) is 31.3 Å². The summed E-state index contributed by atoms with van der Waals surface area (Å²) in [6.45, 7) is 5.64. The molecule has 3 aliphatic heterocycles. The molecule has 1 aromatic heterocycles. The number of rotatable bonds is 12. The van der Waals surface area contributed by atoms with Crippen molar-refractivity contribution >= 4 is 45.9 Å². The van der Waals surface area contributed by atoms with E-state index < -0.39 is 12.1 Å². The zero-order chi connectivity index (χ0) is 41.7. The van der Waals surface area contributed by atoms with Gasteiger partial charge in [0.05, 0.1) is 50.5 Å². The van der Waals surface area contributed by atoms with Crippen LogP contribution >= 0.6 is 0 Å². The van der Waals surface area contributed by atoms with Gasteiger partial charge in [-0.1, -0.05) is 62.4 Å². The molecule has 0 spiro atoms. The van der Waals surface area contributed by atoms with Crippen molar-refractivity contribution in [3.8, 4) is 22.4 Å². The zero-order valence-corrected chi connectivity index (χ0v) is 34.9. The lowest BCUT2D eigenvalue weighted by Crippen LogP contribution is -2.49. The highest BCUT2D eigenvalue weighted by atomic mass is 16.5. The molecule has 2 N–H and O–H groups in total. The van der Waals surface area contributed by atoms with E-state index >= 15 is 0 Å². The Hall–Kier alpha value is -5.78. The maximum Gasteiger partial charge on any atom is 0.407 e. The third kappa shape index (κ3) is 8.08. The van der Waals surface area contributed by atoms with E-state index in [1.807, 2.05) is 22.2 Å². The van der Waals surface area contributed by atoms with Crippen molar-refractivity contribution in [1.82, 2.24) is 25.1 Å². The molecule has 3 amide bonds. The summed E-state index contributed by atoms with van der Waals surface area (Å²) in [5, 5.41) is 5.02. The predicted molar refractivity (Wildman–Crippen MR) is 229 cm³/mol. The van der Waals surface area contributed by atoms with Gasteiger partial charge in [0.2, 0.25) is 11.8 Å². The molecular formula is C48H54N6O6. The van der Waals surface area contributed by atoms with Gasteiger partial charge in [-0.3, -0.25) is 19.4 Å². The van der Waals surface area contributed by atoms with Crippen LogP contribution in [0.3, 0.4) is 0 Å². The second-order valence-electron chi connectivity index (χ2n) is 17.9. The fraction of sp³-hybridized carbons (Fsp3) is 0.458. The molecule has 4 heterocycles. The van der Waals surface area contributed by atoms with Gasteiger partial charge in [-0.05, 0) is 107 Å². The number of allylic oxidation sites excluding steroid dienone is 1. The molecule has 0 unspecified atom stereocenters. The van der Waals surface area contributed by atoms with E-state index in [1.165, 1.54) is 14.2 Å². The van der Waals surface area contributed by atoms with Crippen LogP contribution in [0, 0.1) is 29.6 Å². The number of hydrogen-bond donors (Lipinski definition) is 2. The van der Waals surface area contributed by atoms with Gasteiger partial charge in [-0.25, -0.2) is 9.78 Å². The number of esters is 1. The highest BCUT2D eigenvalue weighted by Gasteiger charge is 2.46. The van der Waals surface area contributed by atoms with Gasteiger partial charge >= 0.3 is 12.1 Å². The van der Waals surface area contributed by atoms with Crippen molar-refractivity contribution < 1.29 is 28.7 Å². The molecule has 12 heteroatoms. The van der Waals surface area contributed by atoms with Crippen LogP contribution < -0.4 is 5.32 Å². The number of nitrogens with zero attached hydrogens (tertiary/aromatic N) is 4. The lowest BCUT2D eigenvalue weighted by atomic mass is 9.94. The van der Waals surface area contributed by atoms with Crippen molar-refractivity contribution in [2.45, 2.75) is 83.3 Å². The van der Waals surface area contributed by atoms with Crippen molar-refractivity contribution in [2.24, 2.45) is 34.6 Å². The second-order valence-corrected chi connectivity index (χ2v) is 17.9. The van der Waals surface area contributed by atoms with Gasteiger partial charge in [0.1, 0.15) is 11.9 Å². The normalized spacial score (nSPS) is 23.6. The summed E-state index contributed by atoms with van der Waals surface area (Å²) in [6, 6.07) is 20.7. The smallest absolute Gasteiger partial charge is 0.407 e. The molecule has 9 rings (SSSR count). The molecule has 12 nitrogen and oxygen atoms in total. The maximum atomic E-state index is 13.8. The van der Waals surface area contributed by atoms with Crippen molar-refractivity contribution in [1.29, 1.82) is 0 Å². The van der Waals surface area contributed by atoms with E-state index in [2.05, 4.69) is 84.8 Å². The number of amides is 3. The first-order valence-corrected chi connectivity index (χ1v) is 21.5. The lowest BCUT2D eigenvalue weighted by Gasteiger charge is -2.29. The topological polar surface area (TPSA) is 146 Å². The van der Waals surface area contributed by atoms with E-state index in [4.69, 9.17) is 19.5 Å². The number of carbonyl (C=O) groups excluding carboxylic acids is 4. The second kappa shape index (κ2) is 16.3. The fourth-order valence-corrected chi connectivity index (χ4v) is 9.71. The third-order valence-electron chi connectivity index (χ3n) is 13.3. The molecular weight excluding hydrogens is 757 g/mol. The lowest BCUT2D eigenvalue weighted by molar-refractivity contribution is -0.147. The number of nitrogens with one attached hydrogen (secondary N) is 2. The Labute approximate surface area is 350 Å². The van der Waals surface area contributed by atoms with Crippen LogP contribution in [0.5, 0.6) is 0 Å². The minimum absolute atomic E-state index is 0.0482. The SMILES string of the molecule is COC(=O)C[C@H](C(=O)N1C[C@@H](C)C[C@H]1C1=NC=C(c2ccc(-c3ccc4cc(-c5cnc([C@@H]6C[C@H](C)CN6C(=O)[C@@H](NC(=O)OC)C6CC6)[nH]5)ccc4c3)cc2)C1)C1CC1. The molecule has 312 valence electrons. The minimum Gasteiger partial charge on any atom is -0.469 e. The first-order valence-electron chi connectivity index (χ1n) is 21.5. The molecule has 60 heavy (non-hydrogen) atoms. The Morgan fingerprint density at radius 3 is 2.05 bits per heavy atom. The highest BCUT2D eigenvalue weighted by Crippen LogP contribution is 2.43. The van der Waals surface area contributed by atoms with Gasteiger partial charge in [0.25, 0.3) is 0 Å². The van der Waals surface area contributed by atoms with Crippen LogP contribution in [0.2, 0.25) is 0 Å².